The molecule has 6 heavy (non-hydrogen) atoms. The molecule has 0 aromatic heterocycles. The minimum Gasteiger partial charge on any atom is -0.263 e. The van der Waals surface area contributed by atoms with Crippen molar-refractivity contribution in [1.29, 1.82) is 0 Å². The Morgan fingerprint density at radius 1 is 1.50 bits per heavy atom. The van der Waals surface area contributed by atoms with Crippen molar-refractivity contribution in [2.45, 2.75) is 0 Å². The van der Waals surface area contributed by atoms with Crippen LogP contribution in [-0.2, 0) is 9.84 Å². The first-order valence-corrected chi connectivity index (χ1v) is 3.09. The molecule has 0 heterocycles. The summed E-state index contributed by atoms with van der Waals surface area (Å²) < 4.78 is 19.0. The van der Waals surface area contributed by atoms with E-state index in [4.69, 9.17) is 0 Å². The third-order valence-electron chi connectivity index (χ3n) is 0. The standard InChI is InChI=1S/C2H5O2S.U/c1-5(2,3)4;/h1H2,2H3;/q-1;. The van der Waals surface area contributed by atoms with Crippen LogP contribution in [0, 0.1) is 37.4 Å². The molecule has 0 aromatic rings. The summed E-state index contributed by atoms with van der Waals surface area (Å²) in [5.41, 5.74) is 0. The third kappa shape index (κ3) is 79.8. The minimum absolute atomic E-state index is 0. The topological polar surface area (TPSA) is 34.1 Å². The quantitative estimate of drug-likeness (QED) is 0.578. The maximum absolute atomic E-state index is 9.52. The molecule has 0 aliphatic rings. The Hall–Kier alpha value is 1.00. The first-order valence-electron chi connectivity index (χ1n) is 1.03. The van der Waals surface area contributed by atoms with Gasteiger partial charge < -0.3 is 0 Å². The second-order valence-electron chi connectivity index (χ2n) is 0.926. The van der Waals surface area contributed by atoms with Crippen LogP contribution in [0.2, 0.25) is 0 Å². The molecule has 2 nitrogen and oxygen atoms in total. The van der Waals surface area contributed by atoms with Crippen molar-refractivity contribution in [1.82, 2.24) is 0 Å². The van der Waals surface area contributed by atoms with Gasteiger partial charge in [0.25, 0.3) is 0 Å². The van der Waals surface area contributed by atoms with Gasteiger partial charge in [-0.1, -0.05) is 0 Å². The van der Waals surface area contributed by atoms with Crippen LogP contribution in [-0.4, -0.2) is 14.7 Å². The normalized spacial score (nSPS) is 9.67. The van der Waals surface area contributed by atoms with E-state index in [1.54, 1.807) is 0 Å². The zero-order valence-corrected chi connectivity index (χ0v) is 8.41. The number of hydrogen-bond donors (Lipinski definition) is 0. The summed E-state index contributed by atoms with van der Waals surface area (Å²) in [7, 11) is -2.92. The Balaban J connectivity index is 0. The van der Waals surface area contributed by atoms with Crippen LogP contribution >= 0.6 is 0 Å². The molecular weight excluding hydrogens is 326 g/mol. The fraction of sp³-hybridized carbons (Fsp3) is 0.500. The van der Waals surface area contributed by atoms with E-state index < -0.39 is 9.84 Å². The molecule has 0 radical (unpaired) electrons. The molecule has 0 aliphatic carbocycles. The number of hydrogen-bond acceptors (Lipinski definition) is 2. The smallest absolute Gasteiger partial charge is 0.0185 e. The molecule has 0 rings (SSSR count). The molecule has 0 saturated carbocycles. The molecule has 0 N–H and O–H groups in total. The van der Waals surface area contributed by atoms with E-state index in [0.29, 0.717) is 0 Å². The van der Waals surface area contributed by atoms with Crippen molar-refractivity contribution >= 4 is 9.84 Å². The van der Waals surface area contributed by atoms with Crippen molar-refractivity contribution in [3.63, 3.8) is 0 Å². The first kappa shape index (κ1) is 10.1. The van der Waals surface area contributed by atoms with Crippen LogP contribution in [0.15, 0.2) is 0 Å². The fourth-order valence-corrected chi connectivity index (χ4v) is 0. The summed E-state index contributed by atoms with van der Waals surface area (Å²) in [5.74, 6) is 0. The van der Waals surface area contributed by atoms with Crippen molar-refractivity contribution in [2.75, 3.05) is 6.26 Å². The molecule has 0 fully saturated rings. The molecule has 0 amide bonds. The van der Waals surface area contributed by atoms with Gasteiger partial charge in [0.1, 0.15) is 0 Å². The van der Waals surface area contributed by atoms with Crippen molar-refractivity contribution in [3.8, 4) is 0 Å². The maximum atomic E-state index is 9.52. The molecule has 0 spiro atoms. The zero-order chi connectivity index (χ0) is 4.50. The van der Waals surface area contributed by atoms with Gasteiger partial charge >= 0.3 is 0 Å². The maximum Gasteiger partial charge on any atom is 0.0185 e. The SMILES string of the molecule is [CH2-]S(C)(=O)=O.[U]. The molecule has 0 bridgehead atoms. The summed E-state index contributed by atoms with van der Waals surface area (Å²) in [4.78, 5) is 0. The van der Waals surface area contributed by atoms with Crippen LogP contribution in [0.1, 0.15) is 0 Å². The molecule has 36 valence electrons. The fourth-order valence-electron chi connectivity index (χ4n) is 0. The van der Waals surface area contributed by atoms with Crippen molar-refractivity contribution in [2.24, 2.45) is 0 Å². The molecule has 0 unspecified atom stereocenters. The molecule has 0 atom stereocenters. The van der Waals surface area contributed by atoms with Crippen LogP contribution in [0.5, 0.6) is 0 Å². The summed E-state index contributed by atoms with van der Waals surface area (Å²) in [6.45, 7) is 0. The Kier molecular flexibility index (Phi) is 5.15. The largest absolute Gasteiger partial charge is 0.263 e. The Morgan fingerprint density at radius 3 is 1.50 bits per heavy atom. The van der Waals surface area contributed by atoms with Crippen LogP contribution in [0.3, 0.4) is 0 Å². The van der Waals surface area contributed by atoms with Gasteiger partial charge in [-0.15, -0.1) is 0 Å². The second-order valence-corrected chi connectivity index (χ2v) is 2.78. The number of rotatable bonds is 0. The number of sulfone groups is 1. The molecule has 0 aromatic carbocycles. The van der Waals surface area contributed by atoms with Gasteiger partial charge in [0.2, 0.25) is 0 Å². The predicted octanol–water partition coefficient (Wildman–Crippen LogP) is -0.177. The van der Waals surface area contributed by atoms with Gasteiger partial charge in [-0.2, -0.15) is 0 Å². The summed E-state index contributed by atoms with van der Waals surface area (Å²) in [5, 5.41) is 0. The van der Waals surface area contributed by atoms with Gasteiger partial charge in [0.15, 0.2) is 0 Å². The van der Waals surface area contributed by atoms with Gasteiger partial charge in [-0.25, -0.2) is 6.26 Å². The minimum atomic E-state index is -2.92. The zero-order valence-electron chi connectivity index (χ0n) is 3.43. The van der Waals surface area contributed by atoms with Gasteiger partial charge in [0, 0.05) is 47.2 Å². The summed E-state index contributed by atoms with van der Waals surface area (Å²) >= 11 is 0. The Bertz CT molecular complexity index is 94.7. The monoisotopic (exact) mass is 331 g/mol. The van der Waals surface area contributed by atoms with Crippen LogP contribution in [0.4, 0.5) is 0 Å². The van der Waals surface area contributed by atoms with E-state index in [0.717, 1.165) is 6.26 Å². The van der Waals surface area contributed by atoms with E-state index in [2.05, 4.69) is 6.26 Å². The van der Waals surface area contributed by atoms with Crippen LogP contribution < -0.4 is 0 Å². The summed E-state index contributed by atoms with van der Waals surface area (Å²) in [6, 6.07) is 0. The predicted molar refractivity (Wildman–Crippen MR) is 20.2 cm³/mol. The third-order valence-corrected chi connectivity index (χ3v) is 0. The van der Waals surface area contributed by atoms with E-state index in [1.165, 1.54) is 0 Å². The van der Waals surface area contributed by atoms with Crippen LogP contribution in [0.25, 0.3) is 0 Å². The van der Waals surface area contributed by atoms with E-state index in [1.807, 2.05) is 0 Å². The second kappa shape index (κ2) is 3.06. The molecule has 0 aliphatic heterocycles. The Labute approximate surface area is 61.6 Å². The van der Waals surface area contributed by atoms with E-state index >= 15 is 0 Å². The van der Waals surface area contributed by atoms with Crippen molar-refractivity contribution in [3.05, 3.63) is 6.26 Å². The van der Waals surface area contributed by atoms with Gasteiger partial charge in [0.05, 0.1) is 0 Å². The molecular formula is C2H5O2SU-. The Morgan fingerprint density at radius 2 is 1.50 bits per heavy atom. The van der Waals surface area contributed by atoms with Gasteiger partial charge in [-0.05, 0) is 0 Å². The van der Waals surface area contributed by atoms with E-state index in [-0.39, 0.29) is 31.1 Å². The molecule has 0 saturated heterocycles. The average molecular weight is 331 g/mol. The average Bonchev–Trinajstić information content (AvgIpc) is 0.722. The van der Waals surface area contributed by atoms with E-state index in [9.17, 15) is 8.42 Å². The van der Waals surface area contributed by atoms with Gasteiger partial charge in [-0.3, -0.25) is 8.42 Å². The summed E-state index contributed by atoms with van der Waals surface area (Å²) in [6.07, 6.45) is 3.79. The molecule has 4 heteroatoms. The first-order chi connectivity index (χ1) is 2.00. The van der Waals surface area contributed by atoms with Crippen molar-refractivity contribution < 1.29 is 39.5 Å².